The zero-order valence-electron chi connectivity index (χ0n) is 17.3. The number of aromatic amines is 1. The molecule has 0 radical (unpaired) electrons. The van der Waals surface area contributed by atoms with Crippen molar-refractivity contribution in [2.75, 3.05) is 6.54 Å². The molecule has 0 aliphatic carbocycles. The second-order valence-corrected chi connectivity index (χ2v) is 8.30. The summed E-state index contributed by atoms with van der Waals surface area (Å²) in [7, 11) is 0. The second-order valence-electron chi connectivity index (χ2n) is 7.39. The molecule has 3 N–H and O–H groups in total. The van der Waals surface area contributed by atoms with Crippen LogP contribution in [0.5, 0.6) is 5.88 Å². The number of hydrogen-bond acceptors (Lipinski definition) is 4. The Bertz CT molecular complexity index is 1030. The van der Waals surface area contributed by atoms with Gasteiger partial charge in [-0.05, 0) is 54.8 Å². The highest BCUT2D eigenvalue weighted by Gasteiger charge is 2.12. The van der Waals surface area contributed by atoms with Crippen molar-refractivity contribution in [3.8, 4) is 5.88 Å². The smallest absolute Gasteiger partial charge is 0.251 e. The van der Waals surface area contributed by atoms with Gasteiger partial charge in [-0.2, -0.15) is 5.11 Å². The predicted molar refractivity (Wildman–Crippen MR) is 124 cm³/mol. The van der Waals surface area contributed by atoms with Crippen LogP contribution in [0.1, 0.15) is 49.9 Å². The fourth-order valence-electron chi connectivity index (χ4n) is 3.31. The summed E-state index contributed by atoms with van der Waals surface area (Å²) in [5, 5.41) is 22.3. The van der Waals surface area contributed by atoms with Crippen LogP contribution in [0.15, 0.2) is 57.2 Å². The summed E-state index contributed by atoms with van der Waals surface area (Å²) in [6, 6.07) is 12.6. The molecule has 2 aromatic carbocycles. The first kappa shape index (κ1) is 22.0. The Balaban J connectivity index is 1.65. The molecule has 3 aromatic rings. The van der Waals surface area contributed by atoms with Gasteiger partial charge in [-0.25, -0.2) is 0 Å². The van der Waals surface area contributed by atoms with Gasteiger partial charge in [0.15, 0.2) is 5.69 Å². The zero-order chi connectivity index (χ0) is 21.5. The predicted octanol–water partition coefficient (Wildman–Crippen LogP) is 7.00. The molecule has 0 saturated heterocycles. The molecular weight excluding hydrogens is 444 g/mol. The van der Waals surface area contributed by atoms with E-state index in [1.165, 1.54) is 12.8 Å². The van der Waals surface area contributed by atoms with Gasteiger partial charge in [-0.3, -0.25) is 4.79 Å². The van der Waals surface area contributed by atoms with E-state index < -0.39 is 0 Å². The van der Waals surface area contributed by atoms with Crippen LogP contribution in [0.25, 0.3) is 10.9 Å². The molecule has 6 nitrogen and oxygen atoms in total. The van der Waals surface area contributed by atoms with Crippen LogP contribution in [-0.2, 0) is 0 Å². The van der Waals surface area contributed by atoms with Crippen molar-refractivity contribution >= 4 is 44.1 Å². The van der Waals surface area contributed by atoms with Crippen molar-refractivity contribution in [3.05, 3.63) is 52.5 Å². The minimum absolute atomic E-state index is 0.0311. The number of amides is 1. The van der Waals surface area contributed by atoms with E-state index in [0.29, 0.717) is 29.4 Å². The molecule has 0 unspecified atom stereocenters. The van der Waals surface area contributed by atoms with Crippen LogP contribution in [0.4, 0.5) is 11.4 Å². The summed E-state index contributed by atoms with van der Waals surface area (Å²) in [5.41, 5.74) is 2.36. The standard InChI is InChI=1S/C23H27BrN4O2/c1-3-5-6-15(4-2)14-25-22(29)16-7-10-18(11-8-16)27-28-21-19-13-17(24)9-12-20(19)26-23(21)30/h7-13,15,26,30H,3-6,14H2,1-2H3,(H,25,29)/t15-/m0/s1. The number of azo groups is 1. The highest BCUT2D eigenvalue weighted by molar-refractivity contribution is 9.10. The van der Waals surface area contributed by atoms with Gasteiger partial charge in [0.25, 0.3) is 5.91 Å². The second kappa shape index (κ2) is 10.4. The Morgan fingerprint density at radius 2 is 1.93 bits per heavy atom. The number of unbranched alkanes of at least 4 members (excludes halogenated alkanes) is 1. The van der Waals surface area contributed by atoms with E-state index in [0.717, 1.165) is 28.2 Å². The average Bonchev–Trinajstić information content (AvgIpc) is 3.06. The van der Waals surface area contributed by atoms with Gasteiger partial charge in [0, 0.05) is 22.0 Å². The molecule has 0 saturated carbocycles. The lowest BCUT2D eigenvalue weighted by atomic mass is 9.99. The maximum absolute atomic E-state index is 12.4. The number of carbonyl (C=O) groups excluding carboxylic acids is 1. The minimum atomic E-state index is -0.0763. The van der Waals surface area contributed by atoms with Gasteiger partial charge < -0.3 is 15.4 Å². The third kappa shape index (κ3) is 5.48. The average molecular weight is 471 g/mol. The van der Waals surface area contributed by atoms with Crippen LogP contribution in [0.3, 0.4) is 0 Å². The SMILES string of the molecule is CCCC[C@H](CC)CNC(=O)c1ccc(N=Nc2c(O)[nH]c3ccc(Br)cc23)cc1. The van der Waals surface area contributed by atoms with E-state index in [2.05, 4.69) is 50.3 Å². The molecule has 1 heterocycles. The molecule has 1 atom stereocenters. The molecule has 3 rings (SSSR count). The maximum Gasteiger partial charge on any atom is 0.251 e. The van der Waals surface area contributed by atoms with Gasteiger partial charge in [0.1, 0.15) is 0 Å². The van der Waals surface area contributed by atoms with E-state index in [-0.39, 0.29) is 11.8 Å². The summed E-state index contributed by atoms with van der Waals surface area (Å²) < 4.78 is 0.890. The number of carbonyl (C=O) groups is 1. The topological polar surface area (TPSA) is 89.8 Å². The van der Waals surface area contributed by atoms with E-state index in [1.807, 2.05) is 18.2 Å². The van der Waals surface area contributed by atoms with Crippen molar-refractivity contribution in [1.82, 2.24) is 10.3 Å². The van der Waals surface area contributed by atoms with Crippen molar-refractivity contribution in [1.29, 1.82) is 0 Å². The fraction of sp³-hybridized carbons (Fsp3) is 0.348. The van der Waals surface area contributed by atoms with E-state index >= 15 is 0 Å². The largest absolute Gasteiger partial charge is 0.493 e. The van der Waals surface area contributed by atoms with E-state index in [1.54, 1.807) is 24.3 Å². The van der Waals surface area contributed by atoms with Crippen molar-refractivity contribution < 1.29 is 9.90 Å². The monoisotopic (exact) mass is 470 g/mol. The van der Waals surface area contributed by atoms with Crippen LogP contribution >= 0.6 is 15.9 Å². The Kier molecular flexibility index (Phi) is 7.63. The lowest BCUT2D eigenvalue weighted by molar-refractivity contribution is 0.0946. The first-order chi connectivity index (χ1) is 14.5. The number of halogens is 1. The van der Waals surface area contributed by atoms with E-state index in [4.69, 9.17) is 0 Å². The van der Waals surface area contributed by atoms with E-state index in [9.17, 15) is 9.90 Å². The number of aromatic nitrogens is 1. The number of H-pyrrole nitrogens is 1. The normalized spacial score (nSPS) is 12.5. The molecule has 1 amide bonds. The lowest BCUT2D eigenvalue weighted by Gasteiger charge is -2.15. The van der Waals surface area contributed by atoms with Crippen LogP contribution in [0, 0.1) is 5.92 Å². The summed E-state index contributed by atoms with van der Waals surface area (Å²) in [6.45, 7) is 5.05. The molecule has 0 aliphatic heterocycles. The molecule has 0 aliphatic rings. The maximum atomic E-state index is 12.4. The Morgan fingerprint density at radius 3 is 2.63 bits per heavy atom. The highest BCUT2D eigenvalue weighted by Crippen LogP contribution is 2.37. The molecule has 1 aromatic heterocycles. The quantitative estimate of drug-likeness (QED) is 0.293. The van der Waals surface area contributed by atoms with Gasteiger partial charge >= 0.3 is 0 Å². The summed E-state index contributed by atoms with van der Waals surface area (Å²) >= 11 is 3.43. The van der Waals surface area contributed by atoms with Crippen LogP contribution in [0.2, 0.25) is 0 Å². The minimum Gasteiger partial charge on any atom is -0.493 e. The number of aromatic hydroxyl groups is 1. The van der Waals surface area contributed by atoms with Gasteiger partial charge in [-0.1, -0.05) is 49.0 Å². The van der Waals surface area contributed by atoms with Crippen LogP contribution in [-0.4, -0.2) is 22.5 Å². The number of fused-ring (bicyclic) bond motifs is 1. The molecular formula is C23H27BrN4O2. The fourth-order valence-corrected chi connectivity index (χ4v) is 3.67. The van der Waals surface area contributed by atoms with Crippen molar-refractivity contribution in [2.24, 2.45) is 16.1 Å². The third-order valence-corrected chi connectivity index (χ3v) is 5.70. The number of nitrogens with one attached hydrogen (secondary N) is 2. The van der Waals surface area contributed by atoms with Crippen LogP contribution < -0.4 is 5.32 Å². The Hall–Kier alpha value is -2.67. The zero-order valence-corrected chi connectivity index (χ0v) is 18.9. The molecule has 30 heavy (non-hydrogen) atoms. The number of rotatable bonds is 9. The van der Waals surface area contributed by atoms with Crippen molar-refractivity contribution in [3.63, 3.8) is 0 Å². The Labute approximate surface area is 184 Å². The third-order valence-electron chi connectivity index (χ3n) is 5.20. The Morgan fingerprint density at radius 1 is 1.17 bits per heavy atom. The molecule has 0 spiro atoms. The van der Waals surface area contributed by atoms with Gasteiger partial charge in [0.05, 0.1) is 11.2 Å². The lowest BCUT2D eigenvalue weighted by Crippen LogP contribution is -2.29. The number of nitrogens with zero attached hydrogens (tertiary/aromatic N) is 2. The van der Waals surface area contributed by atoms with Gasteiger partial charge in [-0.15, -0.1) is 5.11 Å². The van der Waals surface area contributed by atoms with Crippen molar-refractivity contribution in [2.45, 2.75) is 39.5 Å². The summed E-state index contributed by atoms with van der Waals surface area (Å²) in [6.07, 6.45) is 4.58. The number of benzene rings is 2. The molecule has 0 fully saturated rings. The first-order valence-corrected chi connectivity index (χ1v) is 11.1. The molecule has 0 bridgehead atoms. The number of hydrogen-bond donors (Lipinski definition) is 3. The highest BCUT2D eigenvalue weighted by atomic mass is 79.9. The molecule has 7 heteroatoms. The summed E-state index contributed by atoms with van der Waals surface area (Å²) in [4.78, 5) is 15.3. The molecule has 158 valence electrons. The van der Waals surface area contributed by atoms with Gasteiger partial charge in [0.2, 0.25) is 5.88 Å². The summed E-state index contributed by atoms with van der Waals surface area (Å²) in [5.74, 6) is 0.412. The first-order valence-electron chi connectivity index (χ1n) is 10.3.